The van der Waals surface area contributed by atoms with Gasteiger partial charge in [-0.2, -0.15) is 0 Å². The molecule has 1 N–H and O–H groups in total. The van der Waals surface area contributed by atoms with Gasteiger partial charge < -0.3 is 0 Å². The van der Waals surface area contributed by atoms with Crippen molar-refractivity contribution in [1.82, 2.24) is 4.72 Å². The number of nitrogens with one attached hydrogen (secondary N) is 1. The van der Waals surface area contributed by atoms with E-state index < -0.39 is 10.0 Å². The van der Waals surface area contributed by atoms with E-state index in [1.54, 1.807) is 24.3 Å². The third kappa shape index (κ3) is 4.20. The second-order valence-electron chi connectivity index (χ2n) is 5.26. The van der Waals surface area contributed by atoms with E-state index in [4.69, 9.17) is 11.6 Å². The Bertz CT molecular complexity index is 533. The van der Waals surface area contributed by atoms with Gasteiger partial charge in [-0.1, -0.05) is 28.8 Å². The molecule has 0 amide bonds. The number of sulfonamides is 1. The summed E-state index contributed by atoms with van der Waals surface area (Å²) in [4.78, 5) is 0.305. The quantitative estimate of drug-likeness (QED) is 0.790. The van der Waals surface area contributed by atoms with E-state index in [-0.39, 0.29) is 0 Å². The predicted octanol–water partition coefficient (Wildman–Crippen LogP) is 3.77. The first-order valence-corrected chi connectivity index (χ1v) is 9.65. The van der Waals surface area contributed by atoms with Crippen molar-refractivity contribution in [2.75, 3.05) is 12.4 Å². The molecule has 6 heteroatoms. The van der Waals surface area contributed by atoms with Crippen LogP contribution in [-0.2, 0) is 10.0 Å². The fraction of sp³-hybridized carbons (Fsp3) is 0.571. The molecule has 0 aromatic heterocycles. The molecule has 1 aromatic carbocycles. The largest absolute Gasteiger partial charge is 0.240 e. The standard InChI is InChI=1S/C14H19BrClNO2S/c15-13-5-7-14(8-6-13)20(18,19)17-10-12-4-2-1-3-11(12)9-16/h5-8,11-12,17H,1-4,9-10H2. The van der Waals surface area contributed by atoms with Gasteiger partial charge >= 0.3 is 0 Å². The van der Waals surface area contributed by atoms with Gasteiger partial charge in [-0.3, -0.25) is 0 Å². The van der Waals surface area contributed by atoms with Crippen molar-refractivity contribution in [2.45, 2.75) is 30.6 Å². The van der Waals surface area contributed by atoms with Crippen LogP contribution in [0.15, 0.2) is 33.6 Å². The Balaban J connectivity index is 1.99. The second-order valence-corrected chi connectivity index (χ2v) is 8.26. The van der Waals surface area contributed by atoms with Gasteiger partial charge in [-0.15, -0.1) is 11.6 Å². The van der Waals surface area contributed by atoms with E-state index in [0.29, 0.717) is 29.2 Å². The van der Waals surface area contributed by atoms with Crippen LogP contribution in [0.25, 0.3) is 0 Å². The van der Waals surface area contributed by atoms with Crippen LogP contribution in [0, 0.1) is 11.8 Å². The number of rotatable bonds is 5. The molecule has 2 atom stereocenters. The summed E-state index contributed by atoms with van der Waals surface area (Å²) in [5.74, 6) is 1.40. The molecule has 1 aliphatic carbocycles. The number of alkyl halides is 1. The SMILES string of the molecule is O=S(=O)(NCC1CCCCC1CCl)c1ccc(Br)cc1. The molecule has 3 nitrogen and oxygen atoms in total. The highest BCUT2D eigenvalue weighted by Gasteiger charge is 2.26. The van der Waals surface area contributed by atoms with E-state index in [2.05, 4.69) is 20.7 Å². The van der Waals surface area contributed by atoms with Crippen molar-refractivity contribution >= 4 is 37.6 Å². The number of benzene rings is 1. The maximum absolute atomic E-state index is 12.2. The van der Waals surface area contributed by atoms with Gasteiger partial charge in [-0.25, -0.2) is 13.1 Å². The van der Waals surface area contributed by atoms with Crippen LogP contribution in [0.5, 0.6) is 0 Å². The first-order chi connectivity index (χ1) is 9.53. The topological polar surface area (TPSA) is 46.2 Å². The molecule has 1 fully saturated rings. The highest BCUT2D eigenvalue weighted by Crippen LogP contribution is 2.30. The second kappa shape index (κ2) is 7.25. The Morgan fingerprint density at radius 2 is 1.75 bits per heavy atom. The van der Waals surface area contributed by atoms with Gasteiger partial charge in [0.25, 0.3) is 0 Å². The number of hydrogen-bond donors (Lipinski definition) is 1. The molecular formula is C14H19BrClNO2S. The van der Waals surface area contributed by atoms with Crippen LogP contribution in [0.3, 0.4) is 0 Å². The van der Waals surface area contributed by atoms with Gasteiger partial charge in [0.05, 0.1) is 4.90 Å². The maximum atomic E-state index is 12.2. The Morgan fingerprint density at radius 1 is 1.15 bits per heavy atom. The molecule has 2 unspecified atom stereocenters. The summed E-state index contributed by atoms with van der Waals surface area (Å²) in [6.07, 6.45) is 4.53. The van der Waals surface area contributed by atoms with Crippen LogP contribution in [0.1, 0.15) is 25.7 Å². The Kier molecular flexibility index (Phi) is 5.90. The molecule has 0 aliphatic heterocycles. The van der Waals surface area contributed by atoms with Crippen molar-refractivity contribution in [3.63, 3.8) is 0 Å². The fourth-order valence-corrected chi connectivity index (χ4v) is 4.44. The monoisotopic (exact) mass is 379 g/mol. The van der Waals surface area contributed by atoms with Crippen molar-refractivity contribution < 1.29 is 8.42 Å². The average molecular weight is 381 g/mol. The molecule has 0 heterocycles. The van der Waals surface area contributed by atoms with E-state index >= 15 is 0 Å². The van der Waals surface area contributed by atoms with Crippen LogP contribution in [-0.4, -0.2) is 20.8 Å². The van der Waals surface area contributed by atoms with E-state index in [1.807, 2.05) is 0 Å². The molecule has 0 saturated heterocycles. The normalized spacial score (nSPS) is 23.7. The zero-order valence-electron chi connectivity index (χ0n) is 11.2. The fourth-order valence-electron chi connectivity index (χ4n) is 2.67. The molecule has 0 radical (unpaired) electrons. The molecule has 0 spiro atoms. The summed E-state index contributed by atoms with van der Waals surface area (Å²) >= 11 is 9.28. The lowest BCUT2D eigenvalue weighted by molar-refractivity contribution is 0.260. The smallest absolute Gasteiger partial charge is 0.211 e. The summed E-state index contributed by atoms with van der Waals surface area (Å²) in [5, 5.41) is 0. The third-order valence-electron chi connectivity index (χ3n) is 3.92. The molecule has 1 aromatic rings. The summed E-state index contributed by atoms with van der Waals surface area (Å²) < 4.78 is 28.0. The molecule has 2 rings (SSSR count). The molecule has 112 valence electrons. The minimum Gasteiger partial charge on any atom is -0.211 e. The zero-order chi connectivity index (χ0) is 14.6. The highest BCUT2D eigenvalue weighted by molar-refractivity contribution is 9.10. The van der Waals surface area contributed by atoms with Gasteiger partial charge in [-0.05, 0) is 48.9 Å². The summed E-state index contributed by atoms with van der Waals surface area (Å²) in [6, 6.07) is 6.67. The van der Waals surface area contributed by atoms with Crippen LogP contribution < -0.4 is 4.72 Å². The van der Waals surface area contributed by atoms with E-state index in [1.165, 1.54) is 6.42 Å². The van der Waals surface area contributed by atoms with Crippen molar-refractivity contribution in [3.8, 4) is 0 Å². The lowest BCUT2D eigenvalue weighted by Crippen LogP contribution is -2.34. The van der Waals surface area contributed by atoms with Crippen molar-refractivity contribution in [1.29, 1.82) is 0 Å². The Labute approximate surface area is 134 Å². The van der Waals surface area contributed by atoms with Crippen LogP contribution in [0.4, 0.5) is 0 Å². The Morgan fingerprint density at radius 3 is 2.35 bits per heavy atom. The van der Waals surface area contributed by atoms with Crippen molar-refractivity contribution in [2.24, 2.45) is 11.8 Å². The molecule has 0 bridgehead atoms. The molecule has 1 aliphatic rings. The highest BCUT2D eigenvalue weighted by atomic mass is 79.9. The summed E-state index contributed by atoms with van der Waals surface area (Å²) in [7, 11) is -3.42. The first kappa shape index (κ1) is 16.3. The Hall–Kier alpha value is -0.100. The third-order valence-corrected chi connectivity index (χ3v) is 6.29. The molecule has 1 saturated carbocycles. The zero-order valence-corrected chi connectivity index (χ0v) is 14.3. The number of hydrogen-bond acceptors (Lipinski definition) is 2. The maximum Gasteiger partial charge on any atom is 0.240 e. The van der Waals surface area contributed by atoms with Crippen molar-refractivity contribution in [3.05, 3.63) is 28.7 Å². The summed E-state index contributed by atoms with van der Waals surface area (Å²) in [6.45, 7) is 0.482. The lowest BCUT2D eigenvalue weighted by Gasteiger charge is -2.30. The van der Waals surface area contributed by atoms with Gasteiger partial charge in [0.15, 0.2) is 0 Å². The van der Waals surface area contributed by atoms with Crippen LogP contribution >= 0.6 is 27.5 Å². The molecular weight excluding hydrogens is 362 g/mol. The first-order valence-electron chi connectivity index (χ1n) is 6.84. The van der Waals surface area contributed by atoms with Gasteiger partial charge in [0.1, 0.15) is 0 Å². The average Bonchev–Trinajstić information content (AvgIpc) is 2.46. The summed E-state index contributed by atoms with van der Waals surface area (Å²) in [5.41, 5.74) is 0. The molecule has 20 heavy (non-hydrogen) atoms. The van der Waals surface area contributed by atoms with Gasteiger partial charge in [0.2, 0.25) is 10.0 Å². The number of halogens is 2. The van der Waals surface area contributed by atoms with E-state index in [0.717, 1.165) is 23.7 Å². The lowest BCUT2D eigenvalue weighted by atomic mass is 9.80. The predicted molar refractivity (Wildman–Crippen MR) is 85.5 cm³/mol. The van der Waals surface area contributed by atoms with Gasteiger partial charge in [0, 0.05) is 16.9 Å². The van der Waals surface area contributed by atoms with E-state index in [9.17, 15) is 8.42 Å². The minimum atomic E-state index is -3.42. The minimum absolute atomic E-state index is 0.305. The van der Waals surface area contributed by atoms with Crippen LogP contribution in [0.2, 0.25) is 0 Å².